The number of hydrogen-bond donors (Lipinski definition) is 0. The lowest BCUT2D eigenvalue weighted by Gasteiger charge is -2.14. The summed E-state index contributed by atoms with van der Waals surface area (Å²) in [4.78, 5) is 30.8. The second-order valence-electron chi connectivity index (χ2n) is 7.88. The van der Waals surface area contributed by atoms with Gasteiger partial charge in [0.15, 0.2) is 14.6 Å². The van der Waals surface area contributed by atoms with Gasteiger partial charge in [0.2, 0.25) is 0 Å². The van der Waals surface area contributed by atoms with Crippen molar-refractivity contribution in [2.75, 3.05) is 12.9 Å². The molecular weight excluding hydrogens is 484 g/mol. The molecule has 0 saturated heterocycles. The summed E-state index contributed by atoms with van der Waals surface area (Å²) >= 11 is 1.15. The molecule has 4 aromatic rings. The Bertz CT molecular complexity index is 1500. The van der Waals surface area contributed by atoms with Gasteiger partial charge in [0.1, 0.15) is 6.54 Å². The van der Waals surface area contributed by atoms with Crippen LogP contribution in [0.15, 0.2) is 88.8 Å². The second-order valence-corrected chi connectivity index (χ2v) is 10.9. The summed E-state index contributed by atoms with van der Waals surface area (Å²) in [6.07, 6.45) is 1.13. The van der Waals surface area contributed by atoms with Gasteiger partial charge in [-0.25, -0.2) is 8.42 Å². The first-order valence-corrected chi connectivity index (χ1v) is 13.7. The van der Waals surface area contributed by atoms with Crippen LogP contribution in [0.1, 0.15) is 24.0 Å². The molecule has 180 valence electrons. The van der Waals surface area contributed by atoms with Gasteiger partial charge in [0, 0.05) is 6.26 Å². The molecule has 4 rings (SSSR count). The zero-order chi connectivity index (χ0) is 25.0. The first kappa shape index (κ1) is 24.6. The molecule has 0 saturated carbocycles. The summed E-state index contributed by atoms with van der Waals surface area (Å²) in [5.41, 5.74) is 2.19. The molecular formula is C26H24N2O5S2. The molecule has 0 aliphatic heterocycles. The van der Waals surface area contributed by atoms with Gasteiger partial charge in [-0.3, -0.25) is 9.59 Å². The van der Waals surface area contributed by atoms with Crippen molar-refractivity contribution in [1.82, 2.24) is 4.57 Å². The van der Waals surface area contributed by atoms with E-state index in [1.54, 1.807) is 17.6 Å². The average Bonchev–Trinajstić information content (AvgIpc) is 3.16. The minimum atomic E-state index is -3.43. The molecule has 0 aliphatic rings. The first-order valence-electron chi connectivity index (χ1n) is 11.0. The third-order valence-electron chi connectivity index (χ3n) is 5.39. The second kappa shape index (κ2) is 10.4. The number of sulfone groups is 1. The Labute approximate surface area is 207 Å². The molecule has 0 spiro atoms. The van der Waals surface area contributed by atoms with Gasteiger partial charge in [-0.1, -0.05) is 72.0 Å². The lowest BCUT2D eigenvalue weighted by atomic mass is 9.91. The molecule has 0 bridgehead atoms. The Morgan fingerprint density at radius 1 is 0.971 bits per heavy atom. The average molecular weight is 509 g/mol. The van der Waals surface area contributed by atoms with Gasteiger partial charge < -0.3 is 9.30 Å². The van der Waals surface area contributed by atoms with Gasteiger partial charge >= 0.3 is 5.97 Å². The summed E-state index contributed by atoms with van der Waals surface area (Å²) in [5, 5.41) is 0. The van der Waals surface area contributed by atoms with Crippen LogP contribution < -0.4 is 4.80 Å². The zero-order valence-electron chi connectivity index (χ0n) is 19.2. The predicted octanol–water partition coefficient (Wildman–Crippen LogP) is 3.93. The topological polar surface area (TPSA) is 94.8 Å². The van der Waals surface area contributed by atoms with E-state index in [1.165, 1.54) is 12.1 Å². The Hall–Kier alpha value is -3.56. The summed E-state index contributed by atoms with van der Waals surface area (Å²) in [6, 6.07) is 23.4. The van der Waals surface area contributed by atoms with Crippen LogP contribution >= 0.6 is 11.3 Å². The largest absolute Gasteiger partial charge is 0.465 e. The summed E-state index contributed by atoms with van der Waals surface area (Å²) in [6.45, 7) is 1.78. The van der Waals surface area contributed by atoms with Gasteiger partial charge in [-0.2, -0.15) is 4.99 Å². The molecule has 7 nitrogen and oxygen atoms in total. The number of carbonyl (C=O) groups excluding carboxylic acids is 2. The summed E-state index contributed by atoms with van der Waals surface area (Å²) in [7, 11) is -3.43. The van der Waals surface area contributed by atoms with E-state index in [9.17, 15) is 18.0 Å². The van der Waals surface area contributed by atoms with E-state index in [1.807, 2.05) is 60.7 Å². The summed E-state index contributed by atoms with van der Waals surface area (Å²) < 4.78 is 31.4. The number of fused-ring (bicyclic) bond motifs is 1. The number of rotatable bonds is 7. The quantitative estimate of drug-likeness (QED) is 0.353. The minimum absolute atomic E-state index is 0.152. The standard InChI is InChI=1S/C26H24N2O5S2/c1-3-33-23(29)17-28-21-15-14-20(35(2,31)32)16-22(21)34-26(28)27-25(30)24(18-10-6-4-7-11-18)19-12-8-5-9-13-19/h4-16,24H,3,17H2,1-2H3. The number of ether oxygens (including phenoxy) is 1. The van der Waals surface area contributed by atoms with Crippen molar-refractivity contribution in [2.24, 2.45) is 4.99 Å². The maximum atomic E-state index is 13.6. The Morgan fingerprint density at radius 2 is 1.57 bits per heavy atom. The van der Waals surface area contributed by atoms with Gasteiger partial charge in [-0.15, -0.1) is 0 Å². The molecule has 0 atom stereocenters. The fourth-order valence-corrected chi connectivity index (χ4v) is 5.58. The van der Waals surface area contributed by atoms with Crippen LogP contribution in [-0.2, 0) is 30.7 Å². The van der Waals surface area contributed by atoms with Crippen molar-refractivity contribution < 1.29 is 22.7 Å². The smallest absolute Gasteiger partial charge is 0.326 e. The first-order chi connectivity index (χ1) is 16.8. The number of nitrogens with zero attached hydrogens (tertiary/aromatic N) is 2. The Kier molecular flexibility index (Phi) is 7.28. The third-order valence-corrected chi connectivity index (χ3v) is 7.54. The zero-order valence-corrected chi connectivity index (χ0v) is 20.9. The van der Waals surface area contributed by atoms with E-state index in [2.05, 4.69) is 4.99 Å². The fraction of sp³-hybridized carbons (Fsp3) is 0.192. The van der Waals surface area contributed by atoms with Crippen LogP contribution in [0.25, 0.3) is 10.2 Å². The van der Waals surface area contributed by atoms with E-state index in [-0.39, 0.29) is 18.0 Å². The van der Waals surface area contributed by atoms with E-state index in [0.29, 0.717) is 15.0 Å². The van der Waals surface area contributed by atoms with Crippen molar-refractivity contribution in [1.29, 1.82) is 0 Å². The van der Waals surface area contributed by atoms with Crippen LogP contribution in [0, 0.1) is 0 Å². The maximum absolute atomic E-state index is 13.6. The van der Waals surface area contributed by atoms with E-state index in [4.69, 9.17) is 4.74 Å². The van der Waals surface area contributed by atoms with Crippen LogP contribution in [0.2, 0.25) is 0 Å². The number of aromatic nitrogens is 1. The number of hydrogen-bond acceptors (Lipinski definition) is 6. The van der Waals surface area contributed by atoms with Crippen LogP contribution in [0.3, 0.4) is 0 Å². The molecule has 0 aliphatic carbocycles. The highest BCUT2D eigenvalue weighted by Gasteiger charge is 2.23. The normalized spacial score (nSPS) is 12.3. The SMILES string of the molecule is CCOC(=O)Cn1c(=NC(=O)C(c2ccccc2)c2ccccc2)sc2cc(S(C)(=O)=O)ccc21. The van der Waals surface area contributed by atoms with Gasteiger partial charge in [-0.05, 0) is 36.2 Å². The molecule has 0 fully saturated rings. The van der Waals surface area contributed by atoms with Gasteiger partial charge in [0.05, 0.1) is 27.6 Å². The molecule has 1 heterocycles. The third kappa shape index (κ3) is 5.58. The van der Waals surface area contributed by atoms with Crippen molar-refractivity contribution in [2.45, 2.75) is 24.3 Å². The van der Waals surface area contributed by atoms with Crippen molar-refractivity contribution in [3.8, 4) is 0 Å². The highest BCUT2D eigenvalue weighted by Crippen LogP contribution is 2.27. The summed E-state index contributed by atoms with van der Waals surface area (Å²) in [5.74, 6) is -1.50. The lowest BCUT2D eigenvalue weighted by molar-refractivity contribution is -0.143. The monoisotopic (exact) mass is 508 g/mol. The Balaban J connectivity index is 1.88. The van der Waals surface area contributed by atoms with Crippen molar-refractivity contribution in [3.63, 3.8) is 0 Å². The van der Waals surface area contributed by atoms with Crippen LogP contribution in [0.4, 0.5) is 0 Å². The Morgan fingerprint density at radius 3 is 2.11 bits per heavy atom. The van der Waals surface area contributed by atoms with Crippen molar-refractivity contribution in [3.05, 3.63) is 94.8 Å². The molecule has 1 amide bonds. The maximum Gasteiger partial charge on any atom is 0.326 e. The van der Waals surface area contributed by atoms with Crippen LogP contribution in [-0.4, -0.2) is 37.7 Å². The highest BCUT2D eigenvalue weighted by atomic mass is 32.2. The number of benzene rings is 3. The van der Waals surface area contributed by atoms with E-state index < -0.39 is 27.6 Å². The minimum Gasteiger partial charge on any atom is -0.465 e. The number of thiazole rings is 1. The molecule has 0 unspecified atom stereocenters. The van der Waals surface area contributed by atoms with Crippen LogP contribution in [0.5, 0.6) is 0 Å². The molecule has 0 N–H and O–H groups in total. The predicted molar refractivity (Wildman–Crippen MR) is 135 cm³/mol. The number of carbonyl (C=O) groups is 2. The highest BCUT2D eigenvalue weighted by molar-refractivity contribution is 7.90. The number of esters is 1. The van der Waals surface area contributed by atoms with E-state index in [0.717, 1.165) is 28.7 Å². The lowest BCUT2D eigenvalue weighted by Crippen LogP contribution is -2.24. The fourth-order valence-electron chi connectivity index (χ4n) is 3.79. The molecule has 0 radical (unpaired) electrons. The molecule has 9 heteroatoms. The molecule has 3 aromatic carbocycles. The van der Waals surface area contributed by atoms with E-state index >= 15 is 0 Å². The van der Waals surface area contributed by atoms with Crippen molar-refractivity contribution >= 4 is 43.3 Å². The molecule has 1 aromatic heterocycles. The van der Waals surface area contributed by atoms with Gasteiger partial charge in [0.25, 0.3) is 5.91 Å². The molecule has 35 heavy (non-hydrogen) atoms. The number of amides is 1.